The second-order valence-corrected chi connectivity index (χ2v) is 9.09. The van der Waals surface area contributed by atoms with Gasteiger partial charge in [-0.2, -0.15) is 0 Å². The lowest BCUT2D eigenvalue weighted by Crippen LogP contribution is -3.00. The molecule has 1 aliphatic carbocycles. The molecule has 3 nitrogen and oxygen atoms in total. The van der Waals surface area contributed by atoms with Crippen LogP contribution < -0.4 is 4.70 Å². The Morgan fingerprint density at radius 3 is 1.17 bits per heavy atom. The Balaban J connectivity index is 0. The lowest BCUT2D eigenvalue weighted by atomic mass is 9.66. The molecule has 1 fully saturated rings. The van der Waals surface area contributed by atoms with E-state index >= 15 is 0 Å². The van der Waals surface area contributed by atoms with Crippen LogP contribution >= 0.6 is 0 Å². The van der Waals surface area contributed by atoms with Gasteiger partial charge in [-0.25, -0.2) is 0 Å². The zero-order valence-electron chi connectivity index (χ0n) is 20.7. The van der Waals surface area contributed by atoms with Gasteiger partial charge in [-0.15, -0.1) is 0 Å². The van der Waals surface area contributed by atoms with Crippen LogP contribution in [0.4, 0.5) is 8.78 Å². The number of methoxy groups -OCH3 is 2. The molecule has 6 heteroatoms. The molecule has 184 valence electrons. The molecular formula is C24H50F3NO2. The van der Waals surface area contributed by atoms with Crippen molar-refractivity contribution in [1.82, 2.24) is 0 Å². The van der Waals surface area contributed by atoms with E-state index in [-0.39, 0.29) is 4.70 Å². The van der Waals surface area contributed by atoms with Crippen molar-refractivity contribution in [2.24, 2.45) is 5.41 Å². The van der Waals surface area contributed by atoms with Crippen molar-refractivity contribution in [1.29, 1.82) is 0 Å². The first kappa shape index (κ1) is 31.9. The monoisotopic (exact) mass is 441 g/mol. The fraction of sp³-hybridized carbons (Fsp3) is 1.00. The summed E-state index contributed by atoms with van der Waals surface area (Å²) in [4.78, 5) is 0. The highest BCUT2D eigenvalue weighted by Gasteiger charge is 2.56. The van der Waals surface area contributed by atoms with Gasteiger partial charge in [0.05, 0.1) is 39.5 Å². The topological polar surface area (TPSA) is 18.5 Å². The van der Waals surface area contributed by atoms with E-state index in [2.05, 4.69) is 27.7 Å². The van der Waals surface area contributed by atoms with Crippen molar-refractivity contribution in [3.8, 4) is 0 Å². The molecule has 0 heterocycles. The Morgan fingerprint density at radius 1 is 0.667 bits per heavy atom. The van der Waals surface area contributed by atoms with Gasteiger partial charge in [0, 0.05) is 32.5 Å². The van der Waals surface area contributed by atoms with E-state index in [1.807, 2.05) is 0 Å². The predicted octanol–water partition coefficient (Wildman–Crippen LogP) is 3.70. The summed E-state index contributed by atoms with van der Waals surface area (Å²) in [6, 6.07) is 0. The van der Waals surface area contributed by atoms with Crippen molar-refractivity contribution in [3.63, 3.8) is 0 Å². The van der Waals surface area contributed by atoms with Crippen LogP contribution in [0.25, 0.3) is 0 Å². The van der Waals surface area contributed by atoms with E-state index in [1.54, 1.807) is 0 Å². The Labute approximate surface area is 184 Å². The van der Waals surface area contributed by atoms with Gasteiger partial charge in [0.15, 0.2) is 5.79 Å². The van der Waals surface area contributed by atoms with Crippen LogP contribution in [0.5, 0.6) is 0 Å². The van der Waals surface area contributed by atoms with Crippen LogP contribution in [-0.2, 0) is 9.47 Å². The largest absolute Gasteiger partial charge is 1.00 e. The lowest BCUT2D eigenvalue weighted by Gasteiger charge is -2.51. The van der Waals surface area contributed by atoms with Gasteiger partial charge in [-0.05, 0) is 25.7 Å². The predicted molar refractivity (Wildman–Crippen MR) is 120 cm³/mol. The Kier molecular flexibility index (Phi) is 18.3. The molecule has 1 aliphatic rings. The molecule has 1 saturated carbocycles. The van der Waals surface area contributed by atoms with Gasteiger partial charge < -0.3 is 18.7 Å². The number of unbranched alkanes of at least 4 members (excludes halogenated alkanes) is 4. The minimum absolute atomic E-state index is 0. The molecule has 0 aliphatic heterocycles. The SMILES string of the molecule is CCCC[N+](CCCC)(CCCC)CCCC.COC1(OC)CC(CF)(CF)C1.[F-]. The van der Waals surface area contributed by atoms with E-state index in [4.69, 9.17) is 9.47 Å². The highest BCUT2D eigenvalue weighted by atomic mass is 19.1. The Morgan fingerprint density at radius 2 is 0.967 bits per heavy atom. The van der Waals surface area contributed by atoms with E-state index in [9.17, 15) is 8.78 Å². The molecule has 0 bridgehead atoms. The van der Waals surface area contributed by atoms with Crippen molar-refractivity contribution < 1.29 is 27.4 Å². The van der Waals surface area contributed by atoms with E-state index in [0.29, 0.717) is 12.8 Å². The number of hydrogen-bond donors (Lipinski definition) is 0. The third-order valence-corrected chi connectivity index (χ3v) is 6.54. The summed E-state index contributed by atoms with van der Waals surface area (Å²) in [5.74, 6) is -0.738. The van der Waals surface area contributed by atoms with Gasteiger partial charge in [0.25, 0.3) is 0 Å². The normalized spacial score (nSPS) is 16.8. The maximum Gasteiger partial charge on any atom is 0.168 e. The van der Waals surface area contributed by atoms with Crippen LogP contribution in [0.15, 0.2) is 0 Å². The standard InChI is InChI=1S/C16H36N.C8H14F2O2.FH/c1-5-9-13-17(14-10-6-2,15-11-7-3)16-12-8-4;1-11-8(12-2)3-7(4-8,5-9)6-10;/h5-16H2,1-4H3;3-6H2,1-2H3;1H/q+1;;/p-1. The second kappa shape index (κ2) is 17.3. The molecule has 0 aromatic rings. The number of ether oxygens (including phenoxy) is 2. The summed E-state index contributed by atoms with van der Waals surface area (Å²) in [6.07, 6.45) is 11.7. The van der Waals surface area contributed by atoms with Gasteiger partial charge >= 0.3 is 0 Å². The molecule has 30 heavy (non-hydrogen) atoms. The van der Waals surface area contributed by atoms with Crippen molar-refractivity contribution in [3.05, 3.63) is 0 Å². The second-order valence-electron chi connectivity index (χ2n) is 9.09. The number of quaternary nitrogens is 1. The van der Waals surface area contributed by atoms with Gasteiger partial charge in [0.2, 0.25) is 0 Å². The number of hydrogen-bond acceptors (Lipinski definition) is 2. The molecule has 0 amide bonds. The highest BCUT2D eigenvalue weighted by Crippen LogP contribution is 2.51. The van der Waals surface area contributed by atoms with Crippen LogP contribution in [0.2, 0.25) is 0 Å². The molecule has 1 rings (SSSR count). The van der Waals surface area contributed by atoms with Crippen LogP contribution in [0, 0.1) is 5.41 Å². The number of nitrogens with zero attached hydrogens (tertiary/aromatic N) is 1. The summed E-state index contributed by atoms with van der Waals surface area (Å²) in [6.45, 7) is 13.7. The molecule has 0 N–H and O–H groups in total. The van der Waals surface area contributed by atoms with E-state index < -0.39 is 24.6 Å². The molecule has 0 radical (unpaired) electrons. The van der Waals surface area contributed by atoms with Crippen LogP contribution in [-0.4, -0.2) is 64.0 Å². The van der Waals surface area contributed by atoms with Crippen LogP contribution in [0.3, 0.4) is 0 Å². The third-order valence-electron chi connectivity index (χ3n) is 6.54. The smallest absolute Gasteiger partial charge is 0.168 e. The van der Waals surface area contributed by atoms with E-state index in [1.165, 1.54) is 96.2 Å². The lowest BCUT2D eigenvalue weighted by molar-refractivity contribution is -0.929. The molecule has 0 atom stereocenters. The van der Waals surface area contributed by atoms with Crippen LogP contribution in [0.1, 0.15) is 91.9 Å². The highest BCUT2D eigenvalue weighted by molar-refractivity contribution is 4.99. The van der Waals surface area contributed by atoms with E-state index in [0.717, 1.165) is 0 Å². The molecule has 0 saturated heterocycles. The summed E-state index contributed by atoms with van der Waals surface area (Å²) in [5.41, 5.74) is -0.841. The van der Waals surface area contributed by atoms with Gasteiger partial charge in [-0.1, -0.05) is 53.4 Å². The van der Waals surface area contributed by atoms with Crippen molar-refractivity contribution in [2.75, 3.05) is 53.7 Å². The zero-order chi connectivity index (χ0) is 22.2. The Hall–Kier alpha value is -0.330. The maximum absolute atomic E-state index is 12.4. The Bertz CT molecular complexity index is 325. The minimum Gasteiger partial charge on any atom is -1.00 e. The summed E-state index contributed by atoms with van der Waals surface area (Å²) < 4.78 is 36.2. The number of halogens is 3. The minimum atomic E-state index is -0.841. The molecule has 0 spiro atoms. The first-order valence-electron chi connectivity index (χ1n) is 12.0. The fourth-order valence-corrected chi connectivity index (χ4v) is 4.33. The summed E-state index contributed by atoms with van der Waals surface area (Å²) in [7, 11) is 2.98. The average Bonchev–Trinajstić information content (AvgIpc) is 2.74. The summed E-state index contributed by atoms with van der Waals surface area (Å²) >= 11 is 0. The molecular weight excluding hydrogens is 391 g/mol. The zero-order valence-corrected chi connectivity index (χ0v) is 20.7. The van der Waals surface area contributed by atoms with Gasteiger partial charge in [0.1, 0.15) is 0 Å². The number of alkyl halides is 2. The van der Waals surface area contributed by atoms with Crippen molar-refractivity contribution >= 4 is 0 Å². The quantitative estimate of drug-likeness (QED) is 0.269. The fourth-order valence-electron chi connectivity index (χ4n) is 4.33. The maximum atomic E-state index is 12.4. The first-order valence-corrected chi connectivity index (χ1v) is 12.0. The first-order chi connectivity index (χ1) is 13.9. The molecule has 0 aromatic heterocycles. The molecule has 0 aromatic carbocycles. The van der Waals surface area contributed by atoms with Gasteiger partial charge in [-0.3, -0.25) is 8.78 Å². The molecule has 0 unspecified atom stereocenters. The average molecular weight is 442 g/mol. The third kappa shape index (κ3) is 10.3. The van der Waals surface area contributed by atoms with Crippen molar-refractivity contribution in [2.45, 2.75) is 97.7 Å². The number of rotatable bonds is 16. The summed E-state index contributed by atoms with van der Waals surface area (Å²) in [5, 5.41) is 0.